The molecule has 2 amide bonds. The average molecular weight is 409 g/mol. The van der Waals surface area contributed by atoms with E-state index >= 15 is 0 Å². The van der Waals surface area contributed by atoms with E-state index in [1.807, 2.05) is 0 Å². The van der Waals surface area contributed by atoms with Crippen molar-refractivity contribution in [2.24, 2.45) is 0 Å². The Morgan fingerprint density at radius 3 is 2.14 bits per heavy atom. The molecule has 0 heterocycles. The number of para-hydroxylation sites is 1. The fourth-order valence-electron chi connectivity index (χ4n) is 2.32. The maximum atomic E-state index is 14.0. The van der Waals surface area contributed by atoms with Crippen molar-refractivity contribution in [3.8, 4) is 11.5 Å². The van der Waals surface area contributed by atoms with Crippen molar-refractivity contribution < 1.29 is 18.7 Å². The van der Waals surface area contributed by atoms with Crippen LogP contribution in [0.5, 0.6) is 11.5 Å². The molecule has 146 valence electrons. The number of carbonyl (C=O) groups excluding carboxylic acids is 2. The summed E-state index contributed by atoms with van der Waals surface area (Å²) in [6, 6.07) is 20.8. The molecule has 0 saturated heterocycles. The van der Waals surface area contributed by atoms with Gasteiger partial charge in [-0.2, -0.15) is 0 Å². The molecule has 0 bridgehead atoms. The Morgan fingerprint density at radius 2 is 1.45 bits per heavy atom. The number of hydrogen-bond acceptors (Lipinski definition) is 4. The lowest BCUT2D eigenvalue weighted by molar-refractivity contribution is 0.0934. The van der Waals surface area contributed by atoms with Gasteiger partial charge in [-0.05, 0) is 54.7 Å². The zero-order chi connectivity index (χ0) is 20.6. The second-order valence-corrected chi connectivity index (χ2v) is 6.20. The van der Waals surface area contributed by atoms with Gasteiger partial charge in [-0.3, -0.25) is 25.8 Å². The second kappa shape index (κ2) is 9.43. The first kappa shape index (κ1) is 20.0. The highest BCUT2D eigenvalue weighted by Gasteiger charge is 2.13. The van der Waals surface area contributed by atoms with E-state index in [0.29, 0.717) is 11.3 Å². The van der Waals surface area contributed by atoms with Gasteiger partial charge in [0.1, 0.15) is 5.75 Å². The van der Waals surface area contributed by atoms with Crippen LogP contribution in [-0.4, -0.2) is 16.9 Å². The molecule has 29 heavy (non-hydrogen) atoms. The van der Waals surface area contributed by atoms with Gasteiger partial charge in [0.15, 0.2) is 16.7 Å². The van der Waals surface area contributed by atoms with E-state index < -0.39 is 17.6 Å². The number of hydrazine groups is 1. The summed E-state index contributed by atoms with van der Waals surface area (Å²) in [4.78, 5) is 24.3. The third kappa shape index (κ3) is 5.60. The van der Waals surface area contributed by atoms with Crippen molar-refractivity contribution in [2.75, 3.05) is 0 Å². The van der Waals surface area contributed by atoms with Gasteiger partial charge in [0.25, 0.3) is 11.8 Å². The normalized spacial score (nSPS) is 9.97. The van der Waals surface area contributed by atoms with Gasteiger partial charge >= 0.3 is 0 Å². The number of ether oxygens (including phenoxy) is 1. The molecule has 3 N–H and O–H groups in total. The summed E-state index contributed by atoms with van der Waals surface area (Å²) in [5.41, 5.74) is 5.34. The summed E-state index contributed by atoms with van der Waals surface area (Å²) in [5, 5.41) is 2.35. The molecular formula is C21H16FN3O3S. The van der Waals surface area contributed by atoms with E-state index in [2.05, 4.69) is 16.2 Å². The standard InChI is InChI=1S/C21H16FN3O3S/c22-17-12-11-15(13-18(17)28-16-9-5-2-6-10-16)20(27)24-25-21(29)23-19(26)14-7-3-1-4-8-14/h1-13H,(H,24,27)(H2,23,25,26,29). The van der Waals surface area contributed by atoms with Crippen molar-refractivity contribution in [1.29, 1.82) is 0 Å². The van der Waals surface area contributed by atoms with Crippen molar-refractivity contribution in [1.82, 2.24) is 16.2 Å². The van der Waals surface area contributed by atoms with Crippen LogP contribution < -0.4 is 20.9 Å². The summed E-state index contributed by atoms with van der Waals surface area (Å²) < 4.78 is 19.5. The van der Waals surface area contributed by atoms with E-state index in [9.17, 15) is 14.0 Å². The number of amides is 2. The zero-order valence-electron chi connectivity index (χ0n) is 15.0. The second-order valence-electron chi connectivity index (χ2n) is 5.79. The Labute approximate surface area is 171 Å². The van der Waals surface area contributed by atoms with Crippen LogP contribution in [0.2, 0.25) is 0 Å². The van der Waals surface area contributed by atoms with Gasteiger partial charge in [-0.15, -0.1) is 0 Å². The molecule has 0 spiro atoms. The zero-order valence-corrected chi connectivity index (χ0v) is 15.8. The smallest absolute Gasteiger partial charge is 0.269 e. The molecule has 6 nitrogen and oxygen atoms in total. The third-order valence-corrected chi connectivity index (χ3v) is 3.92. The maximum absolute atomic E-state index is 14.0. The molecule has 0 unspecified atom stereocenters. The van der Waals surface area contributed by atoms with Gasteiger partial charge in [0.05, 0.1) is 0 Å². The van der Waals surface area contributed by atoms with Crippen molar-refractivity contribution in [2.45, 2.75) is 0 Å². The van der Waals surface area contributed by atoms with Crippen LogP contribution in [0.15, 0.2) is 78.9 Å². The Morgan fingerprint density at radius 1 is 0.793 bits per heavy atom. The fourth-order valence-corrected chi connectivity index (χ4v) is 2.46. The molecule has 0 aromatic heterocycles. The van der Waals surface area contributed by atoms with Crippen LogP contribution in [0.1, 0.15) is 20.7 Å². The summed E-state index contributed by atoms with van der Waals surface area (Å²) in [6.07, 6.45) is 0. The number of benzene rings is 3. The molecule has 0 atom stereocenters. The molecular weight excluding hydrogens is 393 g/mol. The third-order valence-electron chi connectivity index (χ3n) is 3.72. The van der Waals surface area contributed by atoms with E-state index in [-0.39, 0.29) is 16.4 Å². The molecule has 0 aliphatic carbocycles. The van der Waals surface area contributed by atoms with Crippen LogP contribution in [0.3, 0.4) is 0 Å². The van der Waals surface area contributed by atoms with Gasteiger partial charge < -0.3 is 4.74 Å². The molecule has 0 aliphatic heterocycles. The van der Waals surface area contributed by atoms with E-state index in [1.54, 1.807) is 60.7 Å². The number of nitrogens with one attached hydrogen (secondary N) is 3. The molecule has 0 radical (unpaired) electrons. The molecule has 3 aromatic rings. The minimum Gasteiger partial charge on any atom is -0.454 e. The number of hydrogen-bond donors (Lipinski definition) is 3. The van der Waals surface area contributed by atoms with Crippen LogP contribution >= 0.6 is 12.2 Å². The lowest BCUT2D eigenvalue weighted by Crippen LogP contribution is -2.48. The lowest BCUT2D eigenvalue weighted by atomic mass is 10.2. The fraction of sp³-hybridized carbons (Fsp3) is 0. The number of carbonyl (C=O) groups is 2. The van der Waals surface area contributed by atoms with Crippen molar-refractivity contribution in [3.05, 3.63) is 95.8 Å². The number of rotatable bonds is 4. The predicted octanol–water partition coefficient (Wildman–Crippen LogP) is 3.57. The predicted molar refractivity (Wildman–Crippen MR) is 110 cm³/mol. The first-order valence-electron chi connectivity index (χ1n) is 8.52. The maximum Gasteiger partial charge on any atom is 0.269 e. The highest BCUT2D eigenvalue weighted by Crippen LogP contribution is 2.25. The van der Waals surface area contributed by atoms with Crippen LogP contribution in [-0.2, 0) is 0 Å². The first-order valence-corrected chi connectivity index (χ1v) is 8.93. The minimum atomic E-state index is -0.607. The Hall–Kier alpha value is -3.78. The molecule has 0 aliphatic rings. The monoisotopic (exact) mass is 409 g/mol. The summed E-state index contributed by atoms with van der Waals surface area (Å²) >= 11 is 4.99. The quantitative estimate of drug-likeness (QED) is 0.454. The SMILES string of the molecule is O=C(NNC(=S)NC(=O)c1ccccc1)c1ccc(F)c(Oc2ccccc2)c1. The van der Waals surface area contributed by atoms with Gasteiger partial charge in [0.2, 0.25) is 0 Å². The molecule has 0 saturated carbocycles. The van der Waals surface area contributed by atoms with Crippen molar-refractivity contribution in [3.63, 3.8) is 0 Å². The Balaban J connectivity index is 1.58. The molecule has 0 fully saturated rings. The minimum absolute atomic E-state index is 0.0879. The summed E-state index contributed by atoms with van der Waals surface area (Å²) in [6.45, 7) is 0. The van der Waals surface area contributed by atoms with E-state index in [4.69, 9.17) is 17.0 Å². The molecule has 3 rings (SSSR count). The number of halogens is 1. The molecule has 8 heteroatoms. The average Bonchev–Trinajstić information content (AvgIpc) is 2.75. The molecule has 3 aromatic carbocycles. The highest BCUT2D eigenvalue weighted by molar-refractivity contribution is 7.80. The van der Waals surface area contributed by atoms with Gasteiger partial charge in [0, 0.05) is 11.1 Å². The van der Waals surface area contributed by atoms with E-state index in [0.717, 1.165) is 6.07 Å². The summed E-state index contributed by atoms with van der Waals surface area (Å²) in [7, 11) is 0. The largest absolute Gasteiger partial charge is 0.454 e. The van der Waals surface area contributed by atoms with Crippen LogP contribution in [0.25, 0.3) is 0 Å². The van der Waals surface area contributed by atoms with Gasteiger partial charge in [-0.1, -0.05) is 36.4 Å². The Bertz CT molecular complexity index is 1030. The van der Waals surface area contributed by atoms with E-state index in [1.165, 1.54) is 12.1 Å². The number of thiocarbonyl (C=S) groups is 1. The topological polar surface area (TPSA) is 79.5 Å². The van der Waals surface area contributed by atoms with Crippen LogP contribution in [0.4, 0.5) is 4.39 Å². The highest BCUT2D eigenvalue weighted by atomic mass is 32.1. The van der Waals surface area contributed by atoms with Crippen LogP contribution in [0, 0.1) is 5.82 Å². The van der Waals surface area contributed by atoms with Crippen molar-refractivity contribution >= 4 is 29.1 Å². The van der Waals surface area contributed by atoms with Gasteiger partial charge in [-0.25, -0.2) is 4.39 Å². The summed E-state index contributed by atoms with van der Waals surface area (Å²) in [5.74, 6) is -1.27. The first-order chi connectivity index (χ1) is 14.0. The lowest BCUT2D eigenvalue weighted by Gasteiger charge is -2.12. The Kier molecular flexibility index (Phi) is 6.49.